The Bertz CT molecular complexity index is 1040. The minimum absolute atomic E-state index is 0.195. The Balaban J connectivity index is 1.39. The van der Waals surface area contributed by atoms with E-state index in [1.54, 1.807) is 12.1 Å². The van der Waals surface area contributed by atoms with Crippen LogP contribution in [0.4, 0.5) is 17.1 Å². The van der Waals surface area contributed by atoms with Crippen molar-refractivity contribution in [2.45, 2.75) is 0 Å². The van der Waals surface area contributed by atoms with Gasteiger partial charge in [0.25, 0.3) is 0 Å². The Morgan fingerprint density at radius 3 is 1.61 bits per heavy atom. The molecule has 0 amide bonds. The molecule has 4 nitrogen and oxygen atoms in total. The second kappa shape index (κ2) is 10.2. The SMILES string of the molecule is O=C(OCCOc1ccc([NH+](c2ccccc2)c2ccccc2)cc1)c1ccccc1. The summed E-state index contributed by atoms with van der Waals surface area (Å²) in [7, 11) is 0. The highest BCUT2D eigenvalue weighted by Gasteiger charge is 2.18. The molecule has 0 heterocycles. The van der Waals surface area contributed by atoms with Crippen molar-refractivity contribution in [1.29, 1.82) is 0 Å². The summed E-state index contributed by atoms with van der Waals surface area (Å²) in [6.07, 6.45) is 0. The Kier molecular flexibility index (Phi) is 6.73. The number of benzene rings is 4. The molecular weight excluding hydrogens is 386 g/mol. The van der Waals surface area contributed by atoms with Crippen LogP contribution in [0.1, 0.15) is 10.4 Å². The van der Waals surface area contributed by atoms with E-state index in [4.69, 9.17) is 9.47 Å². The van der Waals surface area contributed by atoms with Gasteiger partial charge >= 0.3 is 5.97 Å². The van der Waals surface area contributed by atoms with Gasteiger partial charge < -0.3 is 9.47 Å². The fourth-order valence-corrected chi connectivity index (χ4v) is 3.38. The van der Waals surface area contributed by atoms with E-state index in [1.807, 2.05) is 66.7 Å². The number of para-hydroxylation sites is 2. The van der Waals surface area contributed by atoms with E-state index in [9.17, 15) is 4.79 Å². The summed E-state index contributed by atoms with van der Waals surface area (Å²) in [4.78, 5) is 13.1. The molecule has 0 aliphatic heterocycles. The van der Waals surface area contributed by atoms with E-state index in [1.165, 1.54) is 4.90 Å². The van der Waals surface area contributed by atoms with Gasteiger partial charge in [0, 0.05) is 12.1 Å². The van der Waals surface area contributed by atoms with Gasteiger partial charge in [0.1, 0.15) is 36.0 Å². The minimum atomic E-state index is -0.343. The van der Waals surface area contributed by atoms with Crippen LogP contribution in [0.15, 0.2) is 115 Å². The van der Waals surface area contributed by atoms with Crippen molar-refractivity contribution < 1.29 is 19.2 Å². The van der Waals surface area contributed by atoms with E-state index in [2.05, 4.69) is 36.4 Å². The van der Waals surface area contributed by atoms with Crippen molar-refractivity contribution in [2.24, 2.45) is 0 Å². The van der Waals surface area contributed by atoms with Gasteiger partial charge in [-0.2, -0.15) is 0 Å². The molecule has 0 radical (unpaired) electrons. The lowest BCUT2D eigenvalue weighted by Gasteiger charge is -2.18. The van der Waals surface area contributed by atoms with Crippen molar-refractivity contribution >= 4 is 23.0 Å². The summed E-state index contributed by atoms with van der Waals surface area (Å²) in [5.41, 5.74) is 3.97. The largest absolute Gasteiger partial charge is 0.490 e. The molecule has 0 bridgehead atoms. The Labute approximate surface area is 182 Å². The summed E-state index contributed by atoms with van der Waals surface area (Å²) in [6.45, 7) is 0.493. The molecule has 0 saturated carbocycles. The van der Waals surface area contributed by atoms with Crippen LogP contribution in [-0.4, -0.2) is 19.2 Å². The molecule has 0 aromatic heterocycles. The van der Waals surface area contributed by atoms with Gasteiger partial charge in [0.05, 0.1) is 5.56 Å². The number of quaternary nitrogens is 1. The predicted octanol–water partition coefficient (Wildman–Crippen LogP) is 5.10. The first-order chi connectivity index (χ1) is 15.3. The van der Waals surface area contributed by atoms with Gasteiger partial charge in [-0.1, -0.05) is 54.6 Å². The second-order valence-electron chi connectivity index (χ2n) is 6.98. The lowest BCUT2D eigenvalue weighted by molar-refractivity contribution is -0.681. The Hall–Kier alpha value is -3.89. The maximum Gasteiger partial charge on any atom is 0.338 e. The summed E-state index contributed by atoms with van der Waals surface area (Å²) in [6, 6.07) is 37.7. The van der Waals surface area contributed by atoms with E-state index in [0.29, 0.717) is 12.2 Å². The number of hydrogen-bond acceptors (Lipinski definition) is 3. The van der Waals surface area contributed by atoms with Crippen LogP contribution in [0.2, 0.25) is 0 Å². The third-order valence-electron chi connectivity index (χ3n) is 4.86. The van der Waals surface area contributed by atoms with Crippen LogP contribution in [0.5, 0.6) is 5.75 Å². The van der Waals surface area contributed by atoms with Gasteiger partial charge in [-0.25, -0.2) is 9.69 Å². The molecule has 4 heteroatoms. The van der Waals surface area contributed by atoms with Crippen molar-refractivity contribution in [1.82, 2.24) is 0 Å². The van der Waals surface area contributed by atoms with Crippen LogP contribution in [-0.2, 0) is 4.74 Å². The Morgan fingerprint density at radius 1 is 0.581 bits per heavy atom. The van der Waals surface area contributed by atoms with E-state index in [0.717, 1.165) is 22.8 Å². The van der Waals surface area contributed by atoms with E-state index >= 15 is 0 Å². The van der Waals surface area contributed by atoms with Crippen molar-refractivity contribution in [3.8, 4) is 5.75 Å². The monoisotopic (exact) mass is 410 g/mol. The van der Waals surface area contributed by atoms with Crippen molar-refractivity contribution in [3.63, 3.8) is 0 Å². The lowest BCUT2D eigenvalue weighted by Crippen LogP contribution is -2.96. The Morgan fingerprint density at radius 2 is 1.06 bits per heavy atom. The number of carbonyl (C=O) groups is 1. The molecule has 0 saturated heterocycles. The number of hydrogen-bond donors (Lipinski definition) is 1. The molecule has 0 atom stereocenters. The summed E-state index contributed by atoms with van der Waals surface area (Å²) < 4.78 is 11.0. The fourth-order valence-electron chi connectivity index (χ4n) is 3.38. The zero-order chi connectivity index (χ0) is 21.3. The van der Waals surface area contributed by atoms with Gasteiger partial charge in [-0.05, 0) is 48.5 Å². The molecule has 1 N–H and O–H groups in total. The number of carbonyl (C=O) groups excluding carboxylic acids is 1. The third-order valence-corrected chi connectivity index (χ3v) is 4.86. The van der Waals surface area contributed by atoms with Crippen LogP contribution in [0, 0.1) is 0 Å². The standard InChI is InChI=1S/C27H23NO3/c29-27(22-10-4-1-5-11-22)31-21-20-30-26-18-16-25(17-19-26)28(23-12-6-2-7-13-23)24-14-8-3-9-15-24/h1-19H,20-21H2/p+1. The zero-order valence-electron chi connectivity index (χ0n) is 17.1. The molecule has 0 aliphatic rings. The first kappa shape index (κ1) is 20.4. The number of ether oxygens (including phenoxy) is 2. The molecule has 0 fully saturated rings. The van der Waals surface area contributed by atoms with Gasteiger partial charge in [0.2, 0.25) is 0 Å². The average Bonchev–Trinajstić information content (AvgIpc) is 2.85. The van der Waals surface area contributed by atoms with Gasteiger partial charge in [0.15, 0.2) is 0 Å². The molecular formula is C27H24NO3+. The summed E-state index contributed by atoms with van der Waals surface area (Å²) in [5.74, 6) is 0.393. The van der Waals surface area contributed by atoms with Crippen LogP contribution >= 0.6 is 0 Å². The number of nitrogens with one attached hydrogen (secondary N) is 1. The quantitative estimate of drug-likeness (QED) is 0.324. The molecule has 0 aliphatic carbocycles. The molecule has 31 heavy (non-hydrogen) atoms. The number of rotatable bonds is 8. The molecule has 4 aromatic rings. The highest BCUT2D eigenvalue weighted by atomic mass is 16.6. The topological polar surface area (TPSA) is 40.0 Å². The van der Waals surface area contributed by atoms with Gasteiger partial charge in [-0.15, -0.1) is 0 Å². The highest BCUT2D eigenvalue weighted by molar-refractivity contribution is 5.89. The smallest absolute Gasteiger partial charge is 0.338 e. The summed E-state index contributed by atoms with van der Waals surface area (Å²) >= 11 is 0. The number of esters is 1. The molecule has 4 rings (SSSR count). The molecule has 0 spiro atoms. The molecule has 154 valence electrons. The maximum atomic E-state index is 12.0. The normalized spacial score (nSPS) is 10.6. The maximum absolute atomic E-state index is 12.0. The highest BCUT2D eigenvalue weighted by Crippen LogP contribution is 2.18. The second-order valence-corrected chi connectivity index (χ2v) is 6.98. The minimum Gasteiger partial charge on any atom is -0.490 e. The van der Waals surface area contributed by atoms with Crippen molar-refractivity contribution in [3.05, 3.63) is 121 Å². The van der Waals surface area contributed by atoms with E-state index in [-0.39, 0.29) is 12.6 Å². The van der Waals surface area contributed by atoms with Crippen LogP contribution in [0.25, 0.3) is 0 Å². The molecule has 4 aromatic carbocycles. The predicted molar refractivity (Wildman–Crippen MR) is 121 cm³/mol. The van der Waals surface area contributed by atoms with Crippen LogP contribution < -0.4 is 9.64 Å². The zero-order valence-corrected chi connectivity index (χ0v) is 17.1. The van der Waals surface area contributed by atoms with Crippen LogP contribution in [0.3, 0.4) is 0 Å². The lowest BCUT2D eigenvalue weighted by atomic mass is 10.2. The van der Waals surface area contributed by atoms with Crippen molar-refractivity contribution in [2.75, 3.05) is 13.2 Å². The first-order valence-corrected chi connectivity index (χ1v) is 10.2. The third kappa shape index (κ3) is 5.38. The van der Waals surface area contributed by atoms with Gasteiger partial charge in [-0.3, -0.25) is 0 Å². The molecule has 0 unspecified atom stereocenters. The fraction of sp³-hybridized carbons (Fsp3) is 0.0741. The summed E-state index contributed by atoms with van der Waals surface area (Å²) in [5, 5.41) is 0. The first-order valence-electron chi connectivity index (χ1n) is 10.2. The average molecular weight is 410 g/mol. The van der Waals surface area contributed by atoms with E-state index < -0.39 is 0 Å².